The molecule has 18 heavy (non-hydrogen) atoms. The summed E-state index contributed by atoms with van der Waals surface area (Å²) in [6.45, 7) is 1.97. The molecule has 4 heteroatoms. The molecule has 94 valence electrons. The minimum absolute atomic E-state index is 0.570. The standard InChI is InChI=1S/C14H13Cl2NO/c1-9-3-4-10(7-12(9)15)17-11-5-6-14(18-2)13(16)8-11/h3-8,17H,1-2H3. The normalized spacial score (nSPS) is 10.2. The van der Waals surface area contributed by atoms with Crippen LogP contribution in [0.25, 0.3) is 0 Å². The predicted octanol–water partition coefficient (Wildman–Crippen LogP) is 5.05. The summed E-state index contributed by atoms with van der Waals surface area (Å²) in [6.07, 6.45) is 0. The van der Waals surface area contributed by atoms with Crippen LogP contribution in [-0.2, 0) is 0 Å². The Morgan fingerprint density at radius 2 is 1.56 bits per heavy atom. The third-order valence-electron chi connectivity index (χ3n) is 2.61. The number of nitrogens with one attached hydrogen (secondary N) is 1. The summed E-state index contributed by atoms with van der Waals surface area (Å²) < 4.78 is 5.10. The molecule has 2 nitrogen and oxygen atoms in total. The predicted molar refractivity (Wildman–Crippen MR) is 77.5 cm³/mol. The molecule has 0 saturated carbocycles. The lowest BCUT2D eigenvalue weighted by atomic mass is 10.2. The van der Waals surface area contributed by atoms with Crippen LogP contribution in [0.15, 0.2) is 36.4 Å². The molecule has 0 aliphatic rings. The van der Waals surface area contributed by atoms with Gasteiger partial charge < -0.3 is 10.1 Å². The van der Waals surface area contributed by atoms with E-state index < -0.39 is 0 Å². The van der Waals surface area contributed by atoms with E-state index in [4.69, 9.17) is 27.9 Å². The molecule has 0 amide bonds. The van der Waals surface area contributed by atoms with Crippen LogP contribution in [0.3, 0.4) is 0 Å². The lowest BCUT2D eigenvalue weighted by Crippen LogP contribution is -1.92. The molecule has 0 fully saturated rings. The van der Waals surface area contributed by atoms with Gasteiger partial charge in [0, 0.05) is 16.4 Å². The van der Waals surface area contributed by atoms with Gasteiger partial charge in [-0.2, -0.15) is 0 Å². The highest BCUT2D eigenvalue weighted by Gasteiger charge is 2.03. The summed E-state index contributed by atoms with van der Waals surface area (Å²) in [5, 5.41) is 4.55. The number of benzene rings is 2. The maximum absolute atomic E-state index is 6.07. The molecule has 0 unspecified atom stereocenters. The molecule has 0 aliphatic heterocycles. The third-order valence-corrected chi connectivity index (χ3v) is 3.31. The van der Waals surface area contributed by atoms with Gasteiger partial charge >= 0.3 is 0 Å². The topological polar surface area (TPSA) is 21.3 Å². The highest BCUT2D eigenvalue weighted by molar-refractivity contribution is 6.32. The van der Waals surface area contributed by atoms with Gasteiger partial charge in [-0.15, -0.1) is 0 Å². The van der Waals surface area contributed by atoms with Crippen LogP contribution in [0, 0.1) is 6.92 Å². The SMILES string of the molecule is COc1ccc(Nc2ccc(C)c(Cl)c2)cc1Cl. The van der Waals surface area contributed by atoms with Crippen LogP contribution < -0.4 is 10.1 Å². The van der Waals surface area contributed by atoms with Gasteiger partial charge in [-0.25, -0.2) is 0 Å². The van der Waals surface area contributed by atoms with Crippen molar-refractivity contribution in [3.63, 3.8) is 0 Å². The van der Waals surface area contributed by atoms with Crippen molar-refractivity contribution in [2.24, 2.45) is 0 Å². The minimum atomic E-state index is 0.570. The van der Waals surface area contributed by atoms with Crippen LogP contribution in [0.1, 0.15) is 5.56 Å². The zero-order valence-corrected chi connectivity index (χ0v) is 11.6. The molecule has 0 saturated heterocycles. The van der Waals surface area contributed by atoms with E-state index in [0.717, 1.165) is 22.0 Å². The Bertz CT molecular complexity index is 570. The van der Waals surface area contributed by atoms with Crippen molar-refractivity contribution in [2.75, 3.05) is 12.4 Å². The highest BCUT2D eigenvalue weighted by Crippen LogP contribution is 2.29. The second-order valence-corrected chi connectivity index (χ2v) is 4.75. The molecule has 0 aromatic heterocycles. The summed E-state index contributed by atoms with van der Waals surface area (Å²) in [7, 11) is 1.59. The van der Waals surface area contributed by atoms with E-state index in [1.54, 1.807) is 7.11 Å². The van der Waals surface area contributed by atoms with Crippen LogP contribution in [0.4, 0.5) is 11.4 Å². The number of hydrogen-bond acceptors (Lipinski definition) is 2. The Morgan fingerprint density at radius 1 is 0.944 bits per heavy atom. The molecular formula is C14H13Cl2NO. The number of ether oxygens (including phenoxy) is 1. The Balaban J connectivity index is 2.23. The van der Waals surface area contributed by atoms with E-state index >= 15 is 0 Å². The average Bonchev–Trinajstić information content (AvgIpc) is 2.34. The highest BCUT2D eigenvalue weighted by atomic mass is 35.5. The van der Waals surface area contributed by atoms with E-state index in [1.165, 1.54) is 0 Å². The fourth-order valence-electron chi connectivity index (χ4n) is 1.58. The molecule has 0 spiro atoms. The van der Waals surface area contributed by atoms with Crippen LogP contribution >= 0.6 is 23.2 Å². The zero-order chi connectivity index (χ0) is 13.1. The maximum atomic E-state index is 6.07. The van der Waals surface area contributed by atoms with Crippen molar-refractivity contribution < 1.29 is 4.74 Å². The van der Waals surface area contributed by atoms with Crippen molar-refractivity contribution in [3.8, 4) is 5.75 Å². The van der Waals surface area contributed by atoms with Crippen LogP contribution in [0.2, 0.25) is 10.0 Å². The van der Waals surface area contributed by atoms with Crippen LogP contribution in [-0.4, -0.2) is 7.11 Å². The summed E-state index contributed by atoms with van der Waals surface area (Å²) in [4.78, 5) is 0. The van der Waals surface area contributed by atoms with Gasteiger partial charge in [0.25, 0.3) is 0 Å². The van der Waals surface area contributed by atoms with E-state index in [2.05, 4.69) is 5.32 Å². The monoisotopic (exact) mass is 281 g/mol. The molecule has 0 atom stereocenters. The lowest BCUT2D eigenvalue weighted by Gasteiger charge is -2.10. The van der Waals surface area contributed by atoms with E-state index in [9.17, 15) is 0 Å². The van der Waals surface area contributed by atoms with Crippen molar-refractivity contribution in [3.05, 3.63) is 52.0 Å². The fourth-order valence-corrected chi connectivity index (χ4v) is 2.02. The Labute approximate surface area is 116 Å². The molecule has 2 rings (SSSR count). The first kappa shape index (κ1) is 13.1. The number of rotatable bonds is 3. The first-order chi connectivity index (χ1) is 8.60. The van der Waals surface area contributed by atoms with Crippen LogP contribution in [0.5, 0.6) is 5.75 Å². The first-order valence-corrected chi connectivity index (χ1v) is 6.22. The van der Waals surface area contributed by atoms with E-state index in [1.807, 2.05) is 43.3 Å². The average molecular weight is 282 g/mol. The Morgan fingerprint density at radius 3 is 2.11 bits per heavy atom. The number of methoxy groups -OCH3 is 1. The number of halogens is 2. The number of hydrogen-bond donors (Lipinski definition) is 1. The van der Waals surface area contributed by atoms with E-state index in [0.29, 0.717) is 10.8 Å². The van der Waals surface area contributed by atoms with Crippen molar-refractivity contribution >= 4 is 34.6 Å². The second-order valence-electron chi connectivity index (χ2n) is 3.94. The van der Waals surface area contributed by atoms with Gasteiger partial charge in [0.05, 0.1) is 12.1 Å². The molecule has 0 bridgehead atoms. The quantitative estimate of drug-likeness (QED) is 0.850. The molecule has 2 aromatic carbocycles. The van der Waals surface area contributed by atoms with E-state index in [-0.39, 0.29) is 0 Å². The fraction of sp³-hybridized carbons (Fsp3) is 0.143. The minimum Gasteiger partial charge on any atom is -0.495 e. The number of anilines is 2. The summed E-state index contributed by atoms with van der Waals surface area (Å²) in [6, 6.07) is 11.4. The molecule has 0 heterocycles. The molecule has 0 radical (unpaired) electrons. The molecule has 0 aliphatic carbocycles. The van der Waals surface area contributed by atoms with Gasteiger partial charge in [-0.05, 0) is 42.8 Å². The molecular weight excluding hydrogens is 269 g/mol. The number of aryl methyl sites for hydroxylation is 1. The molecule has 1 N–H and O–H groups in total. The first-order valence-electron chi connectivity index (χ1n) is 5.47. The smallest absolute Gasteiger partial charge is 0.137 e. The third kappa shape index (κ3) is 2.89. The van der Waals surface area contributed by atoms with Crippen molar-refractivity contribution in [1.82, 2.24) is 0 Å². The second kappa shape index (κ2) is 5.51. The van der Waals surface area contributed by atoms with Crippen molar-refractivity contribution in [2.45, 2.75) is 6.92 Å². The Hall–Kier alpha value is -1.38. The largest absolute Gasteiger partial charge is 0.495 e. The maximum Gasteiger partial charge on any atom is 0.137 e. The van der Waals surface area contributed by atoms with Gasteiger partial charge in [0.2, 0.25) is 0 Å². The Kier molecular flexibility index (Phi) is 4.00. The zero-order valence-electron chi connectivity index (χ0n) is 10.1. The van der Waals surface area contributed by atoms with Crippen molar-refractivity contribution in [1.29, 1.82) is 0 Å². The molecule has 2 aromatic rings. The van der Waals surface area contributed by atoms with Gasteiger partial charge in [-0.3, -0.25) is 0 Å². The lowest BCUT2D eigenvalue weighted by molar-refractivity contribution is 0.415. The van der Waals surface area contributed by atoms with Gasteiger partial charge in [0.1, 0.15) is 5.75 Å². The summed E-state index contributed by atoms with van der Waals surface area (Å²) in [5.41, 5.74) is 2.86. The van der Waals surface area contributed by atoms with Gasteiger partial charge in [-0.1, -0.05) is 29.3 Å². The summed E-state index contributed by atoms with van der Waals surface area (Å²) in [5.74, 6) is 0.657. The summed E-state index contributed by atoms with van der Waals surface area (Å²) >= 11 is 12.1. The van der Waals surface area contributed by atoms with Gasteiger partial charge in [0.15, 0.2) is 0 Å².